The van der Waals surface area contributed by atoms with Gasteiger partial charge < -0.3 is 15.6 Å². The number of fused-ring (bicyclic) bond motifs is 1. The minimum Gasteiger partial charge on any atom is -0.359 e. The van der Waals surface area contributed by atoms with Crippen molar-refractivity contribution in [2.45, 2.75) is 26.7 Å². The van der Waals surface area contributed by atoms with E-state index in [1.54, 1.807) is 12.1 Å². The molecule has 2 heterocycles. The normalized spacial score (nSPS) is 16.3. The molecule has 138 valence electrons. The van der Waals surface area contributed by atoms with E-state index in [1.165, 1.54) is 6.07 Å². The largest absolute Gasteiger partial charge is 0.359 e. The molecule has 0 saturated heterocycles. The molecule has 1 aromatic carbocycles. The van der Waals surface area contributed by atoms with Crippen molar-refractivity contribution >= 4 is 28.9 Å². The number of carbonyl (C=O) groups excluding carboxylic acids is 1. The smallest absolute Gasteiger partial charge is 0.256 e. The fourth-order valence-corrected chi connectivity index (χ4v) is 3.33. The molecule has 1 aliphatic heterocycles. The Morgan fingerprint density at radius 2 is 2.07 bits per heavy atom. The Labute approximate surface area is 155 Å². The quantitative estimate of drug-likeness (QED) is 0.538. The number of hydrogen-bond donors (Lipinski definition) is 3. The molecule has 1 aromatic heterocycles. The van der Waals surface area contributed by atoms with Gasteiger partial charge in [0.05, 0.1) is 16.9 Å². The number of aryl methyl sites for hydroxylation is 2. The van der Waals surface area contributed by atoms with Gasteiger partial charge in [-0.25, -0.2) is 4.39 Å². The molecule has 1 saturated carbocycles. The number of nitrogens with one attached hydrogen (secondary N) is 3. The summed E-state index contributed by atoms with van der Waals surface area (Å²) in [6, 6.07) is 4.89. The fraction of sp³-hybridized carbons (Fsp3) is 0.250. The molecule has 4 rings (SSSR count). The molecule has 1 fully saturated rings. The lowest BCUT2D eigenvalue weighted by atomic mass is 10.0. The number of hydrogen-bond acceptors (Lipinski definition) is 4. The number of carbonyl (C=O) groups is 1. The Hall–Kier alpha value is -3.22. The van der Waals surface area contributed by atoms with Crippen LogP contribution in [0.4, 0.5) is 15.8 Å². The monoisotopic (exact) mass is 366 g/mol. The van der Waals surface area contributed by atoms with E-state index in [9.17, 15) is 14.1 Å². The molecule has 1 amide bonds. The minimum atomic E-state index is -0.486. The standard InChI is InChI=1S/C20H19FN4O2/c1-10-5-11(2)23-16(10)7-14-13-6-15(21)18(8-17(13)25-20(14)26)24-19(9-22-27)12-3-4-12/h5-8,23-24H,3-4,9H2,1-2H3,(H,25,26)/b14-7-. The maximum absolute atomic E-state index is 14.7. The molecule has 0 spiro atoms. The zero-order chi connectivity index (χ0) is 19.1. The van der Waals surface area contributed by atoms with Gasteiger partial charge in [-0.1, -0.05) is 5.18 Å². The van der Waals surface area contributed by atoms with Crippen molar-refractivity contribution in [3.05, 3.63) is 62.7 Å². The van der Waals surface area contributed by atoms with E-state index in [1.807, 2.05) is 19.9 Å². The summed E-state index contributed by atoms with van der Waals surface area (Å²) in [5.74, 6) is -0.760. The van der Waals surface area contributed by atoms with Crippen molar-refractivity contribution in [2.75, 3.05) is 17.2 Å². The minimum absolute atomic E-state index is 0.0190. The Balaban J connectivity index is 1.70. The van der Waals surface area contributed by atoms with Crippen molar-refractivity contribution in [2.24, 2.45) is 5.18 Å². The van der Waals surface area contributed by atoms with Crippen LogP contribution in [-0.4, -0.2) is 17.4 Å². The lowest BCUT2D eigenvalue weighted by Gasteiger charge is -2.11. The lowest BCUT2D eigenvalue weighted by Crippen LogP contribution is -2.06. The number of benzene rings is 1. The highest BCUT2D eigenvalue weighted by molar-refractivity contribution is 6.35. The van der Waals surface area contributed by atoms with Gasteiger partial charge in [0, 0.05) is 22.6 Å². The Morgan fingerprint density at radius 1 is 1.30 bits per heavy atom. The van der Waals surface area contributed by atoms with Crippen molar-refractivity contribution in [1.82, 2.24) is 4.98 Å². The maximum atomic E-state index is 14.7. The second-order valence-corrected chi connectivity index (χ2v) is 6.93. The van der Waals surface area contributed by atoms with Crippen molar-refractivity contribution in [3.8, 4) is 0 Å². The summed E-state index contributed by atoms with van der Waals surface area (Å²) in [5.41, 5.74) is 6.24. The number of nitroso groups, excluding NO2 is 1. The van der Waals surface area contributed by atoms with Gasteiger partial charge in [0.1, 0.15) is 12.4 Å². The van der Waals surface area contributed by atoms with E-state index in [0.717, 1.165) is 35.4 Å². The number of nitrogens with zero attached hydrogens (tertiary/aromatic N) is 1. The van der Waals surface area contributed by atoms with Crippen LogP contribution in [0.15, 0.2) is 34.6 Å². The second-order valence-electron chi connectivity index (χ2n) is 6.93. The van der Waals surface area contributed by atoms with Gasteiger partial charge in [-0.2, -0.15) is 4.91 Å². The molecule has 0 radical (unpaired) electrons. The van der Waals surface area contributed by atoms with E-state index in [2.05, 4.69) is 20.8 Å². The zero-order valence-corrected chi connectivity index (χ0v) is 15.1. The Bertz CT molecular complexity index is 1030. The van der Waals surface area contributed by atoms with Crippen LogP contribution in [-0.2, 0) is 4.79 Å². The molecule has 0 atom stereocenters. The Morgan fingerprint density at radius 3 is 2.70 bits per heavy atom. The third-order valence-electron chi connectivity index (χ3n) is 4.80. The first kappa shape index (κ1) is 17.2. The summed E-state index contributed by atoms with van der Waals surface area (Å²) in [6.07, 6.45) is 3.52. The van der Waals surface area contributed by atoms with Crippen LogP contribution in [0, 0.1) is 24.6 Å². The number of anilines is 2. The van der Waals surface area contributed by atoms with Crippen LogP contribution in [0.25, 0.3) is 11.6 Å². The number of halogens is 1. The maximum Gasteiger partial charge on any atom is 0.256 e. The van der Waals surface area contributed by atoms with Crippen LogP contribution in [0.3, 0.4) is 0 Å². The highest BCUT2D eigenvalue weighted by atomic mass is 19.1. The van der Waals surface area contributed by atoms with Crippen LogP contribution in [0.5, 0.6) is 0 Å². The molecule has 0 unspecified atom stereocenters. The first-order chi connectivity index (χ1) is 13.0. The number of H-pyrrole nitrogens is 1. The summed E-state index contributed by atoms with van der Waals surface area (Å²) in [6.45, 7) is 3.87. The SMILES string of the molecule is Cc1cc(C)c(/C=C2\C(=O)Nc3cc(NC(CN=O)=C4CC4)c(F)cc32)[nH]1. The molecule has 6 nitrogen and oxygen atoms in total. The first-order valence-electron chi connectivity index (χ1n) is 8.76. The molecule has 0 bridgehead atoms. The predicted molar refractivity (Wildman–Crippen MR) is 104 cm³/mol. The summed E-state index contributed by atoms with van der Waals surface area (Å²) in [5, 5.41) is 8.65. The van der Waals surface area contributed by atoms with E-state index in [-0.39, 0.29) is 18.1 Å². The number of amides is 1. The molecule has 3 N–H and O–H groups in total. The molecule has 1 aliphatic carbocycles. The predicted octanol–water partition coefficient (Wildman–Crippen LogP) is 4.49. The van der Waals surface area contributed by atoms with Gasteiger partial charge in [0.2, 0.25) is 0 Å². The van der Waals surface area contributed by atoms with Crippen molar-refractivity contribution in [3.63, 3.8) is 0 Å². The van der Waals surface area contributed by atoms with Gasteiger partial charge in [0.25, 0.3) is 5.91 Å². The Kier molecular flexibility index (Phi) is 4.14. The molecule has 27 heavy (non-hydrogen) atoms. The summed E-state index contributed by atoms with van der Waals surface area (Å²) < 4.78 is 14.7. The third-order valence-corrected chi connectivity index (χ3v) is 4.80. The fourth-order valence-electron chi connectivity index (χ4n) is 3.33. The van der Waals surface area contributed by atoms with Gasteiger partial charge in [-0.15, -0.1) is 0 Å². The van der Waals surface area contributed by atoms with Gasteiger partial charge in [-0.05, 0) is 62.1 Å². The van der Waals surface area contributed by atoms with E-state index < -0.39 is 5.82 Å². The second kappa shape index (κ2) is 6.50. The molecule has 7 heteroatoms. The van der Waals surface area contributed by atoms with Gasteiger partial charge in [0.15, 0.2) is 0 Å². The zero-order valence-electron chi connectivity index (χ0n) is 15.1. The summed E-state index contributed by atoms with van der Waals surface area (Å²) in [7, 11) is 0. The van der Waals surface area contributed by atoms with Crippen LogP contribution in [0.2, 0.25) is 0 Å². The molecular formula is C20H19FN4O2. The van der Waals surface area contributed by atoms with Crippen LogP contribution < -0.4 is 10.6 Å². The van der Waals surface area contributed by atoms with Crippen molar-refractivity contribution in [1.29, 1.82) is 0 Å². The summed E-state index contributed by atoms with van der Waals surface area (Å²) >= 11 is 0. The van der Waals surface area contributed by atoms with E-state index in [4.69, 9.17) is 0 Å². The highest BCUT2D eigenvalue weighted by Crippen LogP contribution is 2.38. The number of aromatic nitrogens is 1. The average molecular weight is 366 g/mol. The van der Waals surface area contributed by atoms with Crippen LogP contribution >= 0.6 is 0 Å². The number of allylic oxidation sites excluding steroid dienone is 1. The number of aromatic amines is 1. The van der Waals surface area contributed by atoms with Gasteiger partial charge in [-0.3, -0.25) is 4.79 Å². The van der Waals surface area contributed by atoms with Gasteiger partial charge >= 0.3 is 0 Å². The van der Waals surface area contributed by atoms with E-state index in [0.29, 0.717) is 22.5 Å². The van der Waals surface area contributed by atoms with Crippen LogP contribution in [0.1, 0.15) is 35.4 Å². The average Bonchev–Trinajstić information content (AvgIpc) is 3.35. The van der Waals surface area contributed by atoms with E-state index >= 15 is 0 Å². The van der Waals surface area contributed by atoms with Crippen molar-refractivity contribution < 1.29 is 9.18 Å². The molecule has 2 aromatic rings. The highest BCUT2D eigenvalue weighted by Gasteiger charge is 2.27. The third kappa shape index (κ3) is 3.28. The number of rotatable bonds is 5. The molecule has 2 aliphatic rings. The first-order valence-corrected chi connectivity index (χ1v) is 8.76. The topological polar surface area (TPSA) is 86.3 Å². The lowest BCUT2D eigenvalue weighted by molar-refractivity contribution is -0.110. The summed E-state index contributed by atoms with van der Waals surface area (Å²) in [4.78, 5) is 26.2. The molecular weight excluding hydrogens is 347 g/mol.